The van der Waals surface area contributed by atoms with Crippen molar-refractivity contribution < 1.29 is 14.6 Å². The first-order valence-corrected chi connectivity index (χ1v) is 5.97. The van der Waals surface area contributed by atoms with Crippen molar-refractivity contribution >= 4 is 17.8 Å². The predicted molar refractivity (Wildman–Crippen MR) is 66.9 cm³/mol. The Hall–Kier alpha value is -2.04. The summed E-state index contributed by atoms with van der Waals surface area (Å²) in [6.07, 6.45) is 3.68. The van der Waals surface area contributed by atoms with Gasteiger partial charge in [-0.05, 0) is 25.0 Å². The number of nitrogens with zero attached hydrogens (tertiary/aromatic N) is 2. The summed E-state index contributed by atoms with van der Waals surface area (Å²) < 4.78 is 5.03. The average Bonchev–Trinajstić information content (AvgIpc) is 2.79. The molecule has 1 atom stereocenters. The second-order valence-electron chi connectivity index (χ2n) is 4.50. The number of ether oxygens (including phenoxy) is 1. The first-order valence-electron chi connectivity index (χ1n) is 5.97. The first-order chi connectivity index (χ1) is 8.72. The van der Waals surface area contributed by atoms with Gasteiger partial charge in [0.1, 0.15) is 5.69 Å². The lowest BCUT2D eigenvalue weighted by molar-refractivity contribution is 0.0774. The average molecular weight is 246 g/mol. The quantitative estimate of drug-likeness (QED) is 0.820. The maximum absolute atomic E-state index is 12.4. The molecule has 1 N–H and O–H groups in total. The first kappa shape index (κ1) is 11.1. The molecule has 0 radical (unpaired) electrons. The van der Waals surface area contributed by atoms with E-state index in [1.807, 2.05) is 0 Å². The van der Waals surface area contributed by atoms with Gasteiger partial charge in [0.2, 0.25) is 0 Å². The standard InChI is InChI=1S/C13H14N2O3/c1-18-10-5-4-9-11(12(10)16)14-7-8-3-2-6-15(8)13(9)17/h4-5,7-8,16H,2-3,6H2,1H3. The number of phenols is 1. The normalized spacial score (nSPS) is 21.5. The highest BCUT2D eigenvalue weighted by Crippen LogP contribution is 2.41. The van der Waals surface area contributed by atoms with Crippen molar-refractivity contribution in [3.8, 4) is 11.5 Å². The zero-order valence-electron chi connectivity index (χ0n) is 10.1. The van der Waals surface area contributed by atoms with Crippen molar-refractivity contribution in [3.63, 3.8) is 0 Å². The van der Waals surface area contributed by atoms with E-state index in [2.05, 4.69) is 4.99 Å². The zero-order valence-corrected chi connectivity index (χ0v) is 10.1. The van der Waals surface area contributed by atoms with E-state index in [4.69, 9.17) is 4.74 Å². The van der Waals surface area contributed by atoms with Crippen LogP contribution in [0.2, 0.25) is 0 Å². The Morgan fingerprint density at radius 3 is 3.11 bits per heavy atom. The molecule has 1 aromatic rings. The largest absolute Gasteiger partial charge is 0.503 e. The number of rotatable bonds is 1. The maximum Gasteiger partial charge on any atom is 0.256 e. The fourth-order valence-electron chi connectivity index (χ4n) is 2.54. The van der Waals surface area contributed by atoms with Crippen molar-refractivity contribution in [1.29, 1.82) is 0 Å². The van der Waals surface area contributed by atoms with Gasteiger partial charge in [-0.2, -0.15) is 0 Å². The minimum absolute atomic E-state index is 0.0512. The van der Waals surface area contributed by atoms with Gasteiger partial charge < -0.3 is 14.7 Å². The second-order valence-corrected chi connectivity index (χ2v) is 4.50. The van der Waals surface area contributed by atoms with E-state index in [1.165, 1.54) is 7.11 Å². The lowest BCUT2D eigenvalue weighted by atomic mass is 10.1. The van der Waals surface area contributed by atoms with Gasteiger partial charge in [-0.3, -0.25) is 9.79 Å². The Morgan fingerprint density at radius 1 is 1.50 bits per heavy atom. The molecule has 1 fully saturated rings. The Morgan fingerprint density at radius 2 is 2.33 bits per heavy atom. The Bertz CT molecular complexity index is 539. The van der Waals surface area contributed by atoms with Crippen molar-refractivity contribution in [2.24, 2.45) is 4.99 Å². The van der Waals surface area contributed by atoms with E-state index in [9.17, 15) is 9.90 Å². The molecule has 5 nitrogen and oxygen atoms in total. The Labute approximate surface area is 105 Å². The Kier molecular flexibility index (Phi) is 2.47. The molecule has 0 aliphatic carbocycles. The Balaban J connectivity index is 2.15. The maximum atomic E-state index is 12.4. The monoisotopic (exact) mass is 246 g/mol. The van der Waals surface area contributed by atoms with E-state index < -0.39 is 0 Å². The van der Waals surface area contributed by atoms with E-state index in [-0.39, 0.29) is 17.7 Å². The molecule has 1 unspecified atom stereocenters. The molecule has 1 aromatic carbocycles. The van der Waals surface area contributed by atoms with Crippen LogP contribution in [0, 0.1) is 0 Å². The number of carbonyl (C=O) groups is 1. The van der Waals surface area contributed by atoms with Crippen molar-refractivity contribution in [2.45, 2.75) is 18.9 Å². The number of methoxy groups -OCH3 is 1. The van der Waals surface area contributed by atoms with E-state index in [0.29, 0.717) is 17.0 Å². The minimum atomic E-state index is -0.0687. The molecule has 0 bridgehead atoms. The van der Waals surface area contributed by atoms with Crippen LogP contribution < -0.4 is 4.74 Å². The van der Waals surface area contributed by atoms with Crippen molar-refractivity contribution in [1.82, 2.24) is 4.90 Å². The molecule has 5 heteroatoms. The number of hydrogen-bond acceptors (Lipinski definition) is 4. The third-order valence-corrected chi connectivity index (χ3v) is 3.50. The van der Waals surface area contributed by atoms with Crippen LogP contribution in [0.1, 0.15) is 23.2 Å². The van der Waals surface area contributed by atoms with Gasteiger partial charge >= 0.3 is 0 Å². The van der Waals surface area contributed by atoms with Crippen LogP contribution in [-0.2, 0) is 0 Å². The summed E-state index contributed by atoms with van der Waals surface area (Å²) >= 11 is 0. The number of benzene rings is 1. The summed E-state index contributed by atoms with van der Waals surface area (Å²) in [5.74, 6) is 0.199. The van der Waals surface area contributed by atoms with Gasteiger partial charge in [0.05, 0.1) is 18.7 Å². The number of fused-ring (bicyclic) bond motifs is 2. The zero-order chi connectivity index (χ0) is 12.7. The molecule has 1 saturated heterocycles. The number of carbonyl (C=O) groups excluding carboxylic acids is 1. The van der Waals surface area contributed by atoms with E-state index in [0.717, 1.165) is 19.4 Å². The smallest absolute Gasteiger partial charge is 0.256 e. The molecule has 94 valence electrons. The molecule has 3 rings (SSSR count). The summed E-state index contributed by atoms with van der Waals surface area (Å²) in [6.45, 7) is 0.752. The van der Waals surface area contributed by atoms with E-state index >= 15 is 0 Å². The van der Waals surface area contributed by atoms with Gasteiger partial charge in [-0.1, -0.05) is 0 Å². The second kappa shape index (κ2) is 4.01. The van der Waals surface area contributed by atoms with Crippen LogP contribution in [0.5, 0.6) is 11.5 Å². The molecule has 0 saturated carbocycles. The third kappa shape index (κ3) is 1.47. The van der Waals surface area contributed by atoms with Crippen LogP contribution in [-0.4, -0.2) is 41.8 Å². The summed E-state index contributed by atoms with van der Waals surface area (Å²) in [5.41, 5.74) is 0.753. The molecule has 1 amide bonds. The van der Waals surface area contributed by atoms with Crippen LogP contribution in [0.25, 0.3) is 0 Å². The van der Waals surface area contributed by atoms with Crippen LogP contribution in [0.3, 0.4) is 0 Å². The molecule has 2 aliphatic rings. The summed E-state index contributed by atoms with van der Waals surface area (Å²) in [5, 5.41) is 10.0. The number of phenolic OH excluding ortho intramolecular Hbond substituents is 1. The van der Waals surface area contributed by atoms with Crippen LogP contribution in [0.15, 0.2) is 17.1 Å². The molecule has 0 spiro atoms. The predicted octanol–water partition coefficient (Wildman–Crippen LogP) is 1.72. The van der Waals surface area contributed by atoms with Gasteiger partial charge in [-0.25, -0.2) is 0 Å². The van der Waals surface area contributed by atoms with Gasteiger partial charge in [-0.15, -0.1) is 0 Å². The molecule has 2 heterocycles. The number of aromatic hydroxyl groups is 1. The van der Waals surface area contributed by atoms with Gasteiger partial charge in [0, 0.05) is 12.8 Å². The van der Waals surface area contributed by atoms with Gasteiger partial charge in [0.15, 0.2) is 11.5 Å². The molecular formula is C13H14N2O3. The third-order valence-electron chi connectivity index (χ3n) is 3.50. The number of aliphatic imine (C=N–C) groups is 1. The lowest BCUT2D eigenvalue weighted by Gasteiger charge is -2.20. The molecule has 18 heavy (non-hydrogen) atoms. The fourth-order valence-corrected chi connectivity index (χ4v) is 2.54. The van der Waals surface area contributed by atoms with Gasteiger partial charge in [0.25, 0.3) is 5.91 Å². The van der Waals surface area contributed by atoms with Crippen LogP contribution >= 0.6 is 0 Å². The fraction of sp³-hybridized carbons (Fsp3) is 0.385. The molecule has 0 aromatic heterocycles. The highest BCUT2D eigenvalue weighted by Gasteiger charge is 2.32. The highest BCUT2D eigenvalue weighted by atomic mass is 16.5. The van der Waals surface area contributed by atoms with E-state index in [1.54, 1.807) is 23.2 Å². The van der Waals surface area contributed by atoms with Crippen LogP contribution in [0.4, 0.5) is 5.69 Å². The summed E-state index contributed by atoms with van der Waals surface area (Å²) in [7, 11) is 1.47. The summed E-state index contributed by atoms with van der Waals surface area (Å²) in [4.78, 5) is 18.4. The highest BCUT2D eigenvalue weighted by molar-refractivity contribution is 6.04. The summed E-state index contributed by atoms with van der Waals surface area (Å²) in [6, 6.07) is 3.31. The topological polar surface area (TPSA) is 62.1 Å². The lowest BCUT2D eigenvalue weighted by Crippen LogP contribution is -2.35. The number of amides is 1. The van der Waals surface area contributed by atoms with Crippen molar-refractivity contribution in [3.05, 3.63) is 17.7 Å². The number of hydrogen-bond donors (Lipinski definition) is 1. The van der Waals surface area contributed by atoms with Crippen molar-refractivity contribution in [2.75, 3.05) is 13.7 Å². The SMILES string of the molecule is COc1ccc2c(c1O)N=CC1CCCN1C2=O. The minimum Gasteiger partial charge on any atom is -0.503 e. The molecular weight excluding hydrogens is 232 g/mol. The molecule has 2 aliphatic heterocycles.